The molecule has 0 aromatic heterocycles. The fourth-order valence-corrected chi connectivity index (χ4v) is 5.59. The average Bonchev–Trinajstić information content (AvgIpc) is 3.61. The molecule has 2 aromatic rings. The SMILES string of the molecule is O=C(NCc1cccc(C(=O)NCCO)c1)C1=CC2OCOC2C(OC(=O)c2ccc(C=CCOC3OC(CO)C(O)C(O)C3O)cc2)C1. The number of nitrogens with one attached hydrogen (secondary N) is 2. The van der Waals surface area contributed by atoms with Gasteiger partial charge in [0, 0.05) is 30.6 Å². The Labute approximate surface area is 281 Å². The first-order valence-electron chi connectivity index (χ1n) is 15.8. The maximum absolute atomic E-state index is 13.1. The molecule has 2 aromatic carbocycles. The quantitative estimate of drug-likeness (QED) is 0.128. The number of esters is 1. The van der Waals surface area contributed by atoms with Gasteiger partial charge in [0.05, 0.1) is 25.4 Å². The Morgan fingerprint density at radius 3 is 2.47 bits per heavy atom. The number of aliphatic hydroxyl groups excluding tert-OH is 5. The zero-order valence-electron chi connectivity index (χ0n) is 26.4. The monoisotopic (exact) mass is 684 g/mol. The second kappa shape index (κ2) is 17.1. The molecular weight excluding hydrogens is 644 g/mol. The van der Waals surface area contributed by atoms with E-state index in [1.54, 1.807) is 66.8 Å². The highest BCUT2D eigenvalue weighted by molar-refractivity contribution is 5.95. The number of hydrogen-bond acceptors (Lipinski definition) is 13. The number of carbonyl (C=O) groups excluding carboxylic acids is 3. The number of rotatable bonds is 13. The van der Waals surface area contributed by atoms with Crippen molar-refractivity contribution in [1.29, 1.82) is 0 Å². The minimum Gasteiger partial charge on any atom is -0.456 e. The van der Waals surface area contributed by atoms with Gasteiger partial charge in [0.1, 0.15) is 49.5 Å². The fourth-order valence-electron chi connectivity index (χ4n) is 5.59. The van der Waals surface area contributed by atoms with Crippen LogP contribution >= 0.6 is 0 Å². The fraction of sp³-hybridized carbons (Fsp3) is 0.441. The Kier molecular flexibility index (Phi) is 12.6. The van der Waals surface area contributed by atoms with Crippen molar-refractivity contribution < 1.29 is 63.6 Å². The summed E-state index contributed by atoms with van der Waals surface area (Å²) in [5.74, 6) is -1.33. The second-order valence-corrected chi connectivity index (χ2v) is 11.6. The Balaban J connectivity index is 1.13. The van der Waals surface area contributed by atoms with E-state index in [2.05, 4.69) is 10.6 Å². The molecule has 2 amide bonds. The molecule has 0 spiro atoms. The molecule has 2 saturated heterocycles. The summed E-state index contributed by atoms with van der Waals surface area (Å²) < 4.78 is 27.8. The van der Waals surface area contributed by atoms with Gasteiger partial charge in [0.2, 0.25) is 5.91 Å². The van der Waals surface area contributed by atoms with E-state index < -0.39 is 61.6 Å². The van der Waals surface area contributed by atoms with E-state index in [0.29, 0.717) is 16.7 Å². The molecule has 2 fully saturated rings. The number of carbonyl (C=O) groups is 3. The van der Waals surface area contributed by atoms with Crippen molar-refractivity contribution in [3.63, 3.8) is 0 Å². The molecule has 0 bridgehead atoms. The van der Waals surface area contributed by atoms with Gasteiger partial charge in [-0.2, -0.15) is 0 Å². The van der Waals surface area contributed by atoms with Crippen molar-refractivity contribution in [2.24, 2.45) is 0 Å². The standard InChI is InChI=1S/C34H40N2O13/c37-11-10-35-31(42)22-5-1-3-20(13-22)16-36-32(43)23-14-24-30(47-18-46-24)25(15-23)48-33(44)21-8-6-19(7-9-21)4-2-12-45-34-29(41)28(40)27(39)26(17-38)49-34/h1-9,13-14,24-30,34,37-41H,10-12,15-18H2,(H,35,42)(H,36,43). The van der Waals surface area contributed by atoms with Gasteiger partial charge in [-0.05, 0) is 41.5 Å². The summed E-state index contributed by atoms with van der Waals surface area (Å²) in [5.41, 5.74) is 2.45. The lowest BCUT2D eigenvalue weighted by molar-refractivity contribution is -0.298. The predicted molar refractivity (Wildman–Crippen MR) is 169 cm³/mol. The van der Waals surface area contributed by atoms with Crippen LogP contribution in [-0.2, 0) is 35.0 Å². The molecule has 2 aliphatic heterocycles. The van der Waals surface area contributed by atoms with Crippen molar-refractivity contribution >= 4 is 23.9 Å². The van der Waals surface area contributed by atoms with Gasteiger partial charge in [-0.25, -0.2) is 4.79 Å². The van der Waals surface area contributed by atoms with Crippen LogP contribution in [0.25, 0.3) is 6.08 Å². The normalized spacial score (nSPS) is 28.1. The maximum atomic E-state index is 13.1. The summed E-state index contributed by atoms with van der Waals surface area (Å²) in [6.07, 6.45) is -3.69. The first kappa shape index (κ1) is 36.3. The van der Waals surface area contributed by atoms with Crippen molar-refractivity contribution in [2.75, 3.05) is 33.2 Å². The summed E-state index contributed by atoms with van der Waals surface area (Å²) in [5, 5.41) is 53.5. The van der Waals surface area contributed by atoms with Crippen LogP contribution in [0.5, 0.6) is 0 Å². The molecule has 1 aliphatic carbocycles. The van der Waals surface area contributed by atoms with E-state index in [9.17, 15) is 34.8 Å². The molecular formula is C34H40N2O13. The van der Waals surface area contributed by atoms with Crippen LogP contribution in [0.1, 0.15) is 38.3 Å². The smallest absolute Gasteiger partial charge is 0.338 e. The number of amides is 2. The van der Waals surface area contributed by atoms with Gasteiger partial charge in [0.15, 0.2) is 6.29 Å². The van der Waals surface area contributed by atoms with Gasteiger partial charge in [-0.3, -0.25) is 9.59 Å². The molecule has 8 atom stereocenters. The van der Waals surface area contributed by atoms with Crippen LogP contribution in [0.4, 0.5) is 0 Å². The highest BCUT2D eigenvalue weighted by Crippen LogP contribution is 2.31. The first-order valence-corrected chi connectivity index (χ1v) is 15.8. The second-order valence-electron chi connectivity index (χ2n) is 11.6. The van der Waals surface area contributed by atoms with Crippen LogP contribution < -0.4 is 10.6 Å². The van der Waals surface area contributed by atoms with Crippen LogP contribution in [0, 0.1) is 0 Å². The predicted octanol–water partition coefficient (Wildman–Crippen LogP) is -0.848. The van der Waals surface area contributed by atoms with E-state index in [-0.39, 0.29) is 56.9 Å². The summed E-state index contributed by atoms with van der Waals surface area (Å²) in [7, 11) is 0. The highest BCUT2D eigenvalue weighted by atomic mass is 16.7. The molecule has 8 unspecified atom stereocenters. The van der Waals surface area contributed by atoms with Crippen LogP contribution in [0.3, 0.4) is 0 Å². The Hall–Kier alpha value is -4.03. The van der Waals surface area contributed by atoms with Crippen molar-refractivity contribution in [2.45, 2.75) is 62.0 Å². The van der Waals surface area contributed by atoms with Gasteiger partial charge in [0.25, 0.3) is 5.91 Å². The minimum absolute atomic E-state index is 0.0128. The number of benzene rings is 2. The molecule has 0 saturated carbocycles. The van der Waals surface area contributed by atoms with Crippen molar-refractivity contribution in [3.05, 3.63) is 88.5 Å². The lowest BCUT2D eigenvalue weighted by atomic mass is 9.91. The van der Waals surface area contributed by atoms with Crippen molar-refractivity contribution in [1.82, 2.24) is 10.6 Å². The third-order valence-electron chi connectivity index (χ3n) is 8.25. The van der Waals surface area contributed by atoms with Gasteiger partial charge >= 0.3 is 5.97 Å². The number of ether oxygens (including phenoxy) is 5. The topological polar surface area (TPSA) is 223 Å². The van der Waals surface area contributed by atoms with Gasteiger partial charge < -0.3 is 59.9 Å². The Bertz CT molecular complexity index is 1510. The molecule has 2 heterocycles. The van der Waals surface area contributed by atoms with E-state index >= 15 is 0 Å². The third kappa shape index (κ3) is 9.16. The molecule has 5 rings (SSSR count). The summed E-state index contributed by atoms with van der Waals surface area (Å²) in [6.45, 7) is -0.485. The minimum atomic E-state index is -1.53. The maximum Gasteiger partial charge on any atom is 0.338 e. The van der Waals surface area contributed by atoms with Gasteiger partial charge in [-0.1, -0.05) is 36.4 Å². The summed E-state index contributed by atoms with van der Waals surface area (Å²) in [6, 6.07) is 13.3. The summed E-state index contributed by atoms with van der Waals surface area (Å²) >= 11 is 0. The molecule has 49 heavy (non-hydrogen) atoms. The molecule has 0 radical (unpaired) electrons. The number of fused-ring (bicyclic) bond motifs is 1. The van der Waals surface area contributed by atoms with E-state index in [1.807, 2.05) is 0 Å². The van der Waals surface area contributed by atoms with E-state index in [1.165, 1.54) is 0 Å². The molecule has 7 N–H and O–H groups in total. The van der Waals surface area contributed by atoms with Crippen LogP contribution in [0.2, 0.25) is 0 Å². The first-order chi connectivity index (χ1) is 23.7. The highest BCUT2D eigenvalue weighted by Gasteiger charge is 2.44. The van der Waals surface area contributed by atoms with E-state index in [0.717, 1.165) is 5.56 Å². The van der Waals surface area contributed by atoms with Crippen LogP contribution in [0.15, 0.2) is 66.3 Å². The lowest BCUT2D eigenvalue weighted by Crippen LogP contribution is -2.59. The number of hydrogen-bond donors (Lipinski definition) is 7. The third-order valence-corrected chi connectivity index (χ3v) is 8.25. The number of aliphatic hydroxyl groups is 5. The molecule has 15 heteroatoms. The Morgan fingerprint density at radius 1 is 0.918 bits per heavy atom. The summed E-state index contributed by atoms with van der Waals surface area (Å²) in [4.78, 5) is 38.5. The molecule has 3 aliphatic rings. The molecule has 264 valence electrons. The zero-order chi connectivity index (χ0) is 34.9. The van der Waals surface area contributed by atoms with Gasteiger partial charge in [-0.15, -0.1) is 0 Å². The lowest BCUT2D eigenvalue weighted by Gasteiger charge is -2.39. The average molecular weight is 685 g/mol. The van der Waals surface area contributed by atoms with E-state index in [4.69, 9.17) is 28.8 Å². The van der Waals surface area contributed by atoms with Crippen LogP contribution in [-0.4, -0.2) is 125 Å². The van der Waals surface area contributed by atoms with Crippen molar-refractivity contribution in [3.8, 4) is 0 Å². The Morgan fingerprint density at radius 2 is 1.71 bits per heavy atom. The largest absolute Gasteiger partial charge is 0.456 e. The zero-order valence-corrected chi connectivity index (χ0v) is 26.4. The molecule has 15 nitrogen and oxygen atoms in total.